The van der Waals surface area contributed by atoms with E-state index < -0.39 is 0 Å². The quantitative estimate of drug-likeness (QED) is 0.766. The summed E-state index contributed by atoms with van der Waals surface area (Å²) in [7, 11) is 1.40. The second-order valence-electron chi connectivity index (χ2n) is 6.85. The van der Waals surface area contributed by atoms with Gasteiger partial charge in [0.1, 0.15) is 22.8 Å². The second kappa shape index (κ2) is 7.00. The lowest BCUT2D eigenvalue weighted by Crippen LogP contribution is -2.26. The first-order valence-corrected chi connectivity index (χ1v) is 8.91. The van der Waals surface area contributed by atoms with Crippen LogP contribution in [-0.2, 0) is 17.8 Å². The molecule has 0 aromatic heterocycles. The molecule has 7 nitrogen and oxygen atoms in total. The highest BCUT2D eigenvalue weighted by Crippen LogP contribution is 2.37. The molecular weight excluding hydrogens is 348 g/mol. The van der Waals surface area contributed by atoms with Crippen molar-refractivity contribution < 1.29 is 24.5 Å². The zero-order valence-electron chi connectivity index (χ0n) is 15.1. The van der Waals surface area contributed by atoms with Gasteiger partial charge >= 0.3 is 0 Å². The minimum Gasteiger partial charge on any atom is -0.508 e. The number of nitrogens with zero attached hydrogens (tertiary/aromatic N) is 1. The minimum atomic E-state index is -0.337. The molecule has 1 amide bonds. The number of hydrogen-bond acceptors (Lipinski definition) is 6. The maximum absolute atomic E-state index is 13.0. The lowest BCUT2D eigenvalue weighted by molar-refractivity contribution is 0.0745. The summed E-state index contributed by atoms with van der Waals surface area (Å²) in [6.45, 7) is 2.34. The number of phenolic OH excluding ortho intramolecular Hbond substituents is 2. The van der Waals surface area contributed by atoms with Gasteiger partial charge in [0.15, 0.2) is 0 Å². The molecule has 1 atom stereocenters. The first-order chi connectivity index (χ1) is 13.1. The number of rotatable bonds is 4. The van der Waals surface area contributed by atoms with Gasteiger partial charge in [-0.2, -0.15) is 0 Å². The van der Waals surface area contributed by atoms with E-state index in [1.165, 1.54) is 13.2 Å². The van der Waals surface area contributed by atoms with Gasteiger partial charge in [-0.3, -0.25) is 4.79 Å². The van der Waals surface area contributed by atoms with Crippen LogP contribution in [0.1, 0.15) is 27.9 Å². The molecule has 4 rings (SSSR count). The fourth-order valence-corrected chi connectivity index (χ4v) is 3.69. The first-order valence-electron chi connectivity index (χ1n) is 8.91. The molecule has 0 bridgehead atoms. The van der Waals surface area contributed by atoms with Crippen LogP contribution in [0.4, 0.5) is 5.69 Å². The Balaban J connectivity index is 1.59. The maximum atomic E-state index is 13.0. The Morgan fingerprint density at radius 1 is 1.30 bits per heavy atom. The van der Waals surface area contributed by atoms with Crippen LogP contribution in [0.2, 0.25) is 0 Å². The fourth-order valence-electron chi connectivity index (χ4n) is 3.69. The zero-order chi connectivity index (χ0) is 19.0. The molecule has 2 aromatic rings. The number of fused-ring (bicyclic) bond motifs is 1. The Hall–Kier alpha value is -2.93. The van der Waals surface area contributed by atoms with Crippen molar-refractivity contribution in [2.24, 2.45) is 0 Å². The van der Waals surface area contributed by atoms with Gasteiger partial charge in [-0.25, -0.2) is 0 Å². The smallest absolute Gasteiger partial charge is 0.262 e. The van der Waals surface area contributed by atoms with Gasteiger partial charge in [-0.05, 0) is 23.6 Å². The van der Waals surface area contributed by atoms with Gasteiger partial charge < -0.3 is 29.9 Å². The van der Waals surface area contributed by atoms with Gasteiger partial charge in [0, 0.05) is 37.5 Å². The van der Waals surface area contributed by atoms with Crippen LogP contribution < -0.4 is 10.1 Å². The van der Waals surface area contributed by atoms with Crippen molar-refractivity contribution in [2.75, 3.05) is 25.6 Å². The Morgan fingerprint density at radius 2 is 2.15 bits per heavy atom. The minimum absolute atomic E-state index is 0.0572. The number of ether oxygens (including phenoxy) is 2. The molecule has 142 valence electrons. The number of benzene rings is 2. The van der Waals surface area contributed by atoms with Gasteiger partial charge in [0.05, 0.1) is 19.8 Å². The van der Waals surface area contributed by atoms with Crippen molar-refractivity contribution in [3.05, 3.63) is 47.0 Å². The summed E-state index contributed by atoms with van der Waals surface area (Å²) in [6.07, 6.45) is 0.963. The molecular formula is C20H22N2O5. The van der Waals surface area contributed by atoms with E-state index >= 15 is 0 Å². The number of nitrogens with one attached hydrogen (secondary N) is 1. The summed E-state index contributed by atoms with van der Waals surface area (Å²) in [5.74, 6) is -0.643. The summed E-state index contributed by atoms with van der Waals surface area (Å²) in [5, 5.41) is 23.3. The summed E-state index contributed by atoms with van der Waals surface area (Å²) in [4.78, 5) is 14.7. The number of carbonyl (C=O) groups is 1. The topological polar surface area (TPSA) is 91.3 Å². The van der Waals surface area contributed by atoms with Crippen molar-refractivity contribution in [1.29, 1.82) is 0 Å². The molecule has 3 N–H and O–H groups in total. The Bertz CT molecular complexity index is 877. The molecule has 2 heterocycles. The van der Waals surface area contributed by atoms with Crippen LogP contribution in [0.25, 0.3) is 0 Å². The zero-order valence-corrected chi connectivity index (χ0v) is 15.1. The third-order valence-electron chi connectivity index (χ3n) is 5.06. The Morgan fingerprint density at radius 3 is 2.89 bits per heavy atom. The second-order valence-corrected chi connectivity index (χ2v) is 6.85. The summed E-state index contributed by atoms with van der Waals surface area (Å²) < 4.78 is 10.6. The summed E-state index contributed by atoms with van der Waals surface area (Å²) in [6, 6.07) is 8.75. The molecule has 0 radical (unpaired) electrons. The highest BCUT2D eigenvalue weighted by atomic mass is 16.5. The molecule has 1 saturated heterocycles. The highest BCUT2D eigenvalue weighted by molar-refractivity contribution is 6.00. The molecule has 2 aliphatic rings. The maximum Gasteiger partial charge on any atom is 0.262 e. The number of anilines is 1. The third kappa shape index (κ3) is 3.26. The first kappa shape index (κ1) is 17.5. The van der Waals surface area contributed by atoms with Crippen LogP contribution in [0.3, 0.4) is 0 Å². The average molecular weight is 370 g/mol. The van der Waals surface area contributed by atoms with Crippen LogP contribution in [0.5, 0.6) is 17.2 Å². The van der Waals surface area contributed by atoms with Crippen molar-refractivity contribution in [1.82, 2.24) is 4.90 Å². The van der Waals surface area contributed by atoms with Crippen LogP contribution in [0, 0.1) is 0 Å². The normalized spacial score (nSPS) is 18.4. The molecule has 1 unspecified atom stereocenters. The molecule has 0 spiro atoms. The lowest BCUT2D eigenvalue weighted by atomic mass is 10.1. The molecule has 1 fully saturated rings. The number of carbonyl (C=O) groups excluding carboxylic acids is 1. The fraction of sp³-hybridized carbons (Fsp3) is 0.350. The van der Waals surface area contributed by atoms with Gasteiger partial charge in [0.2, 0.25) is 0 Å². The molecule has 7 heteroatoms. The van der Waals surface area contributed by atoms with E-state index in [4.69, 9.17) is 9.47 Å². The predicted molar refractivity (Wildman–Crippen MR) is 99.2 cm³/mol. The molecule has 0 saturated carbocycles. The standard InChI is InChI=1S/C20H22N2O5/c1-26-18-8-14(23)7-17(24)19(18)20(25)22-9-12-3-2-4-16(15(12)10-22)21-13-5-6-27-11-13/h2-4,7-8,13,21,23-24H,5-6,9-11H2,1H3. The number of hydrogen-bond donors (Lipinski definition) is 3. The van der Waals surface area contributed by atoms with Crippen LogP contribution in [0.15, 0.2) is 30.3 Å². The van der Waals surface area contributed by atoms with E-state index in [0.29, 0.717) is 19.7 Å². The van der Waals surface area contributed by atoms with Crippen molar-refractivity contribution >= 4 is 11.6 Å². The van der Waals surface area contributed by atoms with E-state index in [0.717, 1.165) is 35.9 Å². The summed E-state index contributed by atoms with van der Waals surface area (Å²) in [5.41, 5.74) is 3.22. The van der Waals surface area contributed by atoms with Gasteiger partial charge in [-0.1, -0.05) is 12.1 Å². The molecule has 27 heavy (non-hydrogen) atoms. The number of aromatic hydroxyl groups is 2. The summed E-state index contributed by atoms with van der Waals surface area (Å²) >= 11 is 0. The van der Waals surface area contributed by atoms with Crippen LogP contribution >= 0.6 is 0 Å². The third-order valence-corrected chi connectivity index (χ3v) is 5.06. The van der Waals surface area contributed by atoms with E-state index in [-0.39, 0.29) is 34.8 Å². The van der Waals surface area contributed by atoms with E-state index in [1.54, 1.807) is 4.90 Å². The van der Waals surface area contributed by atoms with Crippen LogP contribution in [-0.4, -0.2) is 47.4 Å². The van der Waals surface area contributed by atoms with Gasteiger partial charge in [-0.15, -0.1) is 0 Å². The largest absolute Gasteiger partial charge is 0.508 e. The van der Waals surface area contributed by atoms with Crippen molar-refractivity contribution in [3.8, 4) is 17.2 Å². The number of phenols is 2. The average Bonchev–Trinajstić information content (AvgIpc) is 3.30. The number of methoxy groups -OCH3 is 1. The van der Waals surface area contributed by atoms with Crippen molar-refractivity contribution in [3.63, 3.8) is 0 Å². The molecule has 0 aliphatic carbocycles. The van der Waals surface area contributed by atoms with E-state index in [9.17, 15) is 15.0 Å². The Labute approximate surface area is 157 Å². The van der Waals surface area contributed by atoms with Crippen molar-refractivity contribution in [2.45, 2.75) is 25.6 Å². The highest BCUT2D eigenvalue weighted by Gasteiger charge is 2.30. The van der Waals surface area contributed by atoms with E-state index in [1.807, 2.05) is 18.2 Å². The molecule has 2 aliphatic heterocycles. The van der Waals surface area contributed by atoms with E-state index in [2.05, 4.69) is 5.32 Å². The molecule has 2 aromatic carbocycles. The number of amides is 1. The Kier molecular flexibility index (Phi) is 4.53. The lowest BCUT2D eigenvalue weighted by Gasteiger charge is -2.19. The SMILES string of the molecule is COc1cc(O)cc(O)c1C(=O)N1Cc2cccc(NC3CCOC3)c2C1. The predicted octanol–water partition coefficient (Wildman–Crippen LogP) is 2.46. The van der Waals surface area contributed by atoms with Gasteiger partial charge in [0.25, 0.3) is 5.91 Å². The monoisotopic (exact) mass is 370 g/mol.